The normalized spacial score (nSPS) is 12.5. The largest absolute Gasteiger partial charge is 0.478 e. The Bertz CT molecular complexity index is 173. The monoisotopic (exact) mass is 184 g/mol. The molecular weight excluding hydrogens is 164 g/mol. The van der Waals surface area contributed by atoms with Gasteiger partial charge < -0.3 is 5.11 Å². The van der Waals surface area contributed by atoms with Crippen LogP contribution in [0.5, 0.6) is 0 Å². The molecule has 2 heteroatoms. The van der Waals surface area contributed by atoms with Crippen molar-refractivity contribution in [2.45, 2.75) is 46.0 Å². The first-order chi connectivity index (χ1) is 6.11. The second kappa shape index (κ2) is 6.70. The topological polar surface area (TPSA) is 37.3 Å². The minimum atomic E-state index is -0.855. The Hall–Kier alpha value is -0.790. The quantitative estimate of drug-likeness (QED) is 0.617. The first kappa shape index (κ1) is 12.2. The van der Waals surface area contributed by atoms with Gasteiger partial charge in [-0.1, -0.05) is 39.7 Å². The van der Waals surface area contributed by atoms with Gasteiger partial charge in [-0.15, -0.1) is 0 Å². The molecule has 0 saturated heterocycles. The van der Waals surface area contributed by atoms with E-state index in [2.05, 4.69) is 20.4 Å². The van der Waals surface area contributed by atoms with Crippen molar-refractivity contribution in [3.8, 4) is 0 Å². The fraction of sp³-hybridized carbons (Fsp3) is 0.727. The number of aliphatic carboxylic acids is 1. The van der Waals surface area contributed by atoms with Gasteiger partial charge in [-0.25, -0.2) is 4.79 Å². The second-order valence-corrected chi connectivity index (χ2v) is 3.51. The van der Waals surface area contributed by atoms with Gasteiger partial charge in [0.15, 0.2) is 0 Å². The maximum absolute atomic E-state index is 10.5. The lowest BCUT2D eigenvalue weighted by molar-refractivity contribution is -0.132. The molecule has 0 aliphatic carbocycles. The molecule has 1 atom stereocenters. The molecule has 0 saturated carbocycles. The van der Waals surface area contributed by atoms with Gasteiger partial charge in [0.2, 0.25) is 0 Å². The van der Waals surface area contributed by atoms with E-state index in [1.807, 2.05) is 0 Å². The van der Waals surface area contributed by atoms with Gasteiger partial charge in [-0.3, -0.25) is 0 Å². The van der Waals surface area contributed by atoms with E-state index in [1.165, 1.54) is 12.8 Å². The summed E-state index contributed by atoms with van der Waals surface area (Å²) in [5.74, 6) is -0.188. The van der Waals surface area contributed by atoms with E-state index in [9.17, 15) is 4.79 Å². The van der Waals surface area contributed by atoms with Crippen LogP contribution in [-0.4, -0.2) is 11.1 Å². The summed E-state index contributed by atoms with van der Waals surface area (Å²) in [5.41, 5.74) is 0.342. The van der Waals surface area contributed by atoms with Gasteiger partial charge in [0.05, 0.1) is 0 Å². The maximum Gasteiger partial charge on any atom is 0.330 e. The fourth-order valence-electron chi connectivity index (χ4n) is 1.45. The van der Waals surface area contributed by atoms with Crippen LogP contribution in [0, 0.1) is 5.92 Å². The zero-order chi connectivity index (χ0) is 10.3. The van der Waals surface area contributed by atoms with Gasteiger partial charge in [0.25, 0.3) is 0 Å². The van der Waals surface area contributed by atoms with Crippen molar-refractivity contribution in [3.63, 3.8) is 0 Å². The zero-order valence-corrected chi connectivity index (χ0v) is 8.68. The number of carboxylic acids is 1. The summed E-state index contributed by atoms with van der Waals surface area (Å²) < 4.78 is 0. The molecule has 0 spiro atoms. The van der Waals surface area contributed by atoms with Crippen LogP contribution in [0.3, 0.4) is 0 Å². The van der Waals surface area contributed by atoms with Crippen molar-refractivity contribution >= 4 is 5.97 Å². The number of carbonyl (C=O) groups is 1. The van der Waals surface area contributed by atoms with Crippen molar-refractivity contribution in [3.05, 3.63) is 12.2 Å². The first-order valence-corrected chi connectivity index (χ1v) is 5.02. The lowest BCUT2D eigenvalue weighted by Crippen LogP contribution is -2.03. The Labute approximate surface area is 80.7 Å². The molecule has 0 bridgehead atoms. The number of rotatable bonds is 7. The molecule has 0 radical (unpaired) electrons. The Morgan fingerprint density at radius 3 is 2.38 bits per heavy atom. The van der Waals surface area contributed by atoms with Gasteiger partial charge in [0, 0.05) is 5.57 Å². The van der Waals surface area contributed by atoms with Crippen LogP contribution in [0.1, 0.15) is 46.0 Å². The predicted molar refractivity (Wildman–Crippen MR) is 54.7 cm³/mol. The molecule has 1 unspecified atom stereocenters. The number of hydrogen-bond acceptors (Lipinski definition) is 1. The highest BCUT2D eigenvalue weighted by molar-refractivity contribution is 5.85. The molecule has 0 heterocycles. The third kappa shape index (κ3) is 5.45. The molecule has 0 aliphatic rings. The van der Waals surface area contributed by atoms with E-state index in [4.69, 9.17) is 5.11 Å². The van der Waals surface area contributed by atoms with Crippen molar-refractivity contribution in [2.24, 2.45) is 5.92 Å². The van der Waals surface area contributed by atoms with Gasteiger partial charge in [-0.2, -0.15) is 0 Å². The number of carboxylic acid groups (broad SMARTS) is 1. The summed E-state index contributed by atoms with van der Waals surface area (Å²) >= 11 is 0. The summed E-state index contributed by atoms with van der Waals surface area (Å²) in [6, 6.07) is 0. The minimum absolute atomic E-state index is 0.342. The SMILES string of the molecule is C=C(CCC(CC)CCC)C(=O)O. The summed E-state index contributed by atoms with van der Waals surface area (Å²) in [5, 5.41) is 8.60. The summed E-state index contributed by atoms with van der Waals surface area (Å²) in [6.07, 6.45) is 5.12. The molecule has 0 fully saturated rings. The van der Waals surface area contributed by atoms with E-state index in [0.29, 0.717) is 17.9 Å². The molecule has 0 aliphatic heterocycles. The lowest BCUT2D eigenvalue weighted by Gasteiger charge is -2.12. The lowest BCUT2D eigenvalue weighted by atomic mass is 9.93. The van der Waals surface area contributed by atoms with E-state index < -0.39 is 5.97 Å². The molecule has 13 heavy (non-hydrogen) atoms. The molecule has 0 aromatic carbocycles. The molecule has 76 valence electrons. The summed E-state index contributed by atoms with van der Waals surface area (Å²) in [4.78, 5) is 10.5. The highest BCUT2D eigenvalue weighted by Crippen LogP contribution is 2.19. The highest BCUT2D eigenvalue weighted by Gasteiger charge is 2.08. The van der Waals surface area contributed by atoms with Crippen LogP contribution in [0.2, 0.25) is 0 Å². The first-order valence-electron chi connectivity index (χ1n) is 5.02. The van der Waals surface area contributed by atoms with Crippen LogP contribution in [-0.2, 0) is 4.79 Å². The Balaban J connectivity index is 3.71. The smallest absolute Gasteiger partial charge is 0.330 e. The van der Waals surface area contributed by atoms with Gasteiger partial charge in [-0.05, 0) is 18.8 Å². The van der Waals surface area contributed by atoms with Gasteiger partial charge in [0.1, 0.15) is 0 Å². The van der Waals surface area contributed by atoms with Crippen molar-refractivity contribution in [1.29, 1.82) is 0 Å². The van der Waals surface area contributed by atoms with Crippen LogP contribution < -0.4 is 0 Å². The predicted octanol–water partition coefficient (Wildman–Crippen LogP) is 3.23. The second-order valence-electron chi connectivity index (χ2n) is 3.51. The molecule has 1 N–H and O–H groups in total. The third-order valence-electron chi connectivity index (χ3n) is 2.43. The Kier molecular flexibility index (Phi) is 6.29. The minimum Gasteiger partial charge on any atom is -0.478 e. The van der Waals surface area contributed by atoms with Crippen molar-refractivity contribution < 1.29 is 9.90 Å². The highest BCUT2D eigenvalue weighted by atomic mass is 16.4. The molecule has 0 amide bonds. The zero-order valence-electron chi connectivity index (χ0n) is 8.68. The number of hydrogen-bond donors (Lipinski definition) is 1. The molecular formula is C11H20O2. The van der Waals surface area contributed by atoms with E-state index in [0.717, 1.165) is 12.8 Å². The molecule has 2 nitrogen and oxygen atoms in total. The van der Waals surface area contributed by atoms with Gasteiger partial charge >= 0.3 is 5.97 Å². The van der Waals surface area contributed by atoms with E-state index in [1.54, 1.807) is 0 Å². The fourth-order valence-corrected chi connectivity index (χ4v) is 1.45. The Morgan fingerprint density at radius 2 is 2.00 bits per heavy atom. The van der Waals surface area contributed by atoms with Crippen molar-refractivity contribution in [1.82, 2.24) is 0 Å². The average Bonchev–Trinajstić information content (AvgIpc) is 2.11. The maximum atomic E-state index is 10.5. The molecule has 0 aromatic rings. The van der Waals surface area contributed by atoms with Crippen molar-refractivity contribution in [2.75, 3.05) is 0 Å². The van der Waals surface area contributed by atoms with Crippen LogP contribution in [0.4, 0.5) is 0 Å². The Morgan fingerprint density at radius 1 is 1.38 bits per heavy atom. The summed E-state index contributed by atoms with van der Waals surface area (Å²) in [7, 11) is 0. The standard InChI is InChI=1S/C11H20O2/c1-4-6-10(5-2)8-7-9(3)11(12)13/h10H,3-8H2,1-2H3,(H,12,13). The van der Waals surface area contributed by atoms with E-state index >= 15 is 0 Å². The average molecular weight is 184 g/mol. The molecule has 0 aromatic heterocycles. The van der Waals surface area contributed by atoms with Crippen LogP contribution in [0.25, 0.3) is 0 Å². The van der Waals surface area contributed by atoms with E-state index in [-0.39, 0.29) is 0 Å². The molecule has 0 rings (SSSR count). The van der Waals surface area contributed by atoms with Crippen LogP contribution >= 0.6 is 0 Å². The summed E-state index contributed by atoms with van der Waals surface area (Å²) in [6.45, 7) is 7.84. The third-order valence-corrected chi connectivity index (χ3v) is 2.43. The van der Waals surface area contributed by atoms with Crippen LogP contribution in [0.15, 0.2) is 12.2 Å².